The molecule has 106 valence electrons. The first-order valence-corrected chi connectivity index (χ1v) is 6.61. The SMILES string of the molecule is CC(CCc1ccccc1)NCc1cc(C(=O)O)no1. The summed E-state index contributed by atoms with van der Waals surface area (Å²) in [7, 11) is 0. The van der Waals surface area contributed by atoms with E-state index in [9.17, 15) is 4.79 Å². The summed E-state index contributed by atoms with van der Waals surface area (Å²) < 4.78 is 4.95. The zero-order valence-corrected chi connectivity index (χ0v) is 11.4. The summed E-state index contributed by atoms with van der Waals surface area (Å²) in [5.41, 5.74) is 1.26. The molecule has 0 aliphatic rings. The van der Waals surface area contributed by atoms with Crippen molar-refractivity contribution in [1.82, 2.24) is 10.5 Å². The molecule has 0 amide bonds. The smallest absolute Gasteiger partial charge is 0.358 e. The predicted octanol–water partition coefficient (Wildman–Crippen LogP) is 2.48. The van der Waals surface area contributed by atoms with Crippen molar-refractivity contribution in [2.75, 3.05) is 0 Å². The van der Waals surface area contributed by atoms with Crippen molar-refractivity contribution in [3.8, 4) is 0 Å². The van der Waals surface area contributed by atoms with Crippen molar-refractivity contribution in [3.63, 3.8) is 0 Å². The first-order chi connectivity index (χ1) is 9.65. The molecule has 0 aliphatic carbocycles. The summed E-state index contributed by atoms with van der Waals surface area (Å²) in [6, 6.07) is 12.1. The van der Waals surface area contributed by atoms with Gasteiger partial charge in [0.05, 0.1) is 6.54 Å². The summed E-state index contributed by atoms with van der Waals surface area (Å²) in [5.74, 6) is -0.536. The second kappa shape index (κ2) is 6.86. The maximum Gasteiger partial charge on any atom is 0.358 e. The molecule has 5 nitrogen and oxygen atoms in total. The van der Waals surface area contributed by atoms with Crippen LogP contribution in [0.1, 0.15) is 35.2 Å². The number of nitrogens with zero attached hydrogens (tertiary/aromatic N) is 1. The van der Waals surface area contributed by atoms with Gasteiger partial charge in [-0.2, -0.15) is 0 Å². The van der Waals surface area contributed by atoms with Crippen LogP contribution in [0.4, 0.5) is 0 Å². The van der Waals surface area contributed by atoms with Crippen LogP contribution in [0.3, 0.4) is 0 Å². The van der Waals surface area contributed by atoms with Crippen LogP contribution in [-0.2, 0) is 13.0 Å². The molecule has 2 aromatic rings. The Bertz CT molecular complexity index is 551. The van der Waals surface area contributed by atoms with Crippen LogP contribution in [0.5, 0.6) is 0 Å². The van der Waals surface area contributed by atoms with Gasteiger partial charge >= 0.3 is 5.97 Å². The van der Waals surface area contributed by atoms with Gasteiger partial charge in [-0.1, -0.05) is 35.5 Å². The summed E-state index contributed by atoms with van der Waals surface area (Å²) in [6.07, 6.45) is 2.01. The zero-order chi connectivity index (χ0) is 14.4. The molecular weight excluding hydrogens is 256 g/mol. The van der Waals surface area contributed by atoms with Crippen LogP contribution in [0, 0.1) is 0 Å². The van der Waals surface area contributed by atoms with E-state index >= 15 is 0 Å². The number of aryl methyl sites for hydroxylation is 1. The van der Waals surface area contributed by atoms with Crippen LogP contribution in [0.25, 0.3) is 0 Å². The van der Waals surface area contributed by atoms with Crippen molar-refractivity contribution in [2.24, 2.45) is 0 Å². The van der Waals surface area contributed by atoms with E-state index in [4.69, 9.17) is 9.63 Å². The Kier molecular flexibility index (Phi) is 4.90. The Labute approximate surface area is 117 Å². The second-order valence-corrected chi connectivity index (χ2v) is 4.79. The molecule has 1 heterocycles. The number of hydrogen-bond acceptors (Lipinski definition) is 4. The molecular formula is C15H18N2O3. The molecule has 0 saturated heterocycles. The first-order valence-electron chi connectivity index (χ1n) is 6.61. The number of rotatable bonds is 7. The maximum absolute atomic E-state index is 10.7. The number of aromatic carboxylic acids is 1. The van der Waals surface area contributed by atoms with Crippen molar-refractivity contribution < 1.29 is 14.4 Å². The van der Waals surface area contributed by atoms with Crippen LogP contribution in [-0.4, -0.2) is 22.3 Å². The second-order valence-electron chi connectivity index (χ2n) is 4.79. The molecule has 2 rings (SSSR count). The Morgan fingerprint density at radius 1 is 1.40 bits per heavy atom. The minimum atomic E-state index is -1.07. The lowest BCUT2D eigenvalue weighted by molar-refractivity contribution is 0.0685. The molecule has 0 radical (unpaired) electrons. The van der Waals surface area contributed by atoms with Gasteiger partial charge in [0.15, 0.2) is 11.5 Å². The van der Waals surface area contributed by atoms with E-state index < -0.39 is 5.97 Å². The van der Waals surface area contributed by atoms with E-state index in [1.807, 2.05) is 18.2 Å². The van der Waals surface area contributed by atoms with Gasteiger partial charge in [0.2, 0.25) is 0 Å². The molecule has 1 aromatic carbocycles. The number of carboxylic acids is 1. The van der Waals surface area contributed by atoms with E-state index in [-0.39, 0.29) is 5.69 Å². The maximum atomic E-state index is 10.7. The Balaban J connectivity index is 1.74. The Hall–Kier alpha value is -2.14. The van der Waals surface area contributed by atoms with E-state index in [0.717, 1.165) is 12.8 Å². The number of hydrogen-bond donors (Lipinski definition) is 2. The molecule has 0 saturated carbocycles. The lowest BCUT2D eigenvalue weighted by Gasteiger charge is -2.12. The molecule has 1 unspecified atom stereocenters. The summed E-state index contributed by atoms with van der Waals surface area (Å²) in [5, 5.41) is 15.5. The lowest BCUT2D eigenvalue weighted by Crippen LogP contribution is -2.25. The quantitative estimate of drug-likeness (QED) is 0.811. The van der Waals surface area contributed by atoms with E-state index in [2.05, 4.69) is 29.5 Å². The minimum Gasteiger partial charge on any atom is -0.476 e. The van der Waals surface area contributed by atoms with E-state index in [1.165, 1.54) is 11.6 Å². The predicted molar refractivity (Wildman–Crippen MR) is 74.5 cm³/mol. The van der Waals surface area contributed by atoms with Gasteiger partial charge in [-0.15, -0.1) is 0 Å². The minimum absolute atomic E-state index is 0.0567. The molecule has 0 spiro atoms. The monoisotopic (exact) mass is 274 g/mol. The van der Waals surface area contributed by atoms with Crippen molar-refractivity contribution in [3.05, 3.63) is 53.4 Å². The lowest BCUT2D eigenvalue weighted by atomic mass is 10.1. The average molecular weight is 274 g/mol. The highest BCUT2D eigenvalue weighted by molar-refractivity contribution is 5.85. The van der Waals surface area contributed by atoms with E-state index in [1.54, 1.807) is 0 Å². The highest BCUT2D eigenvalue weighted by Crippen LogP contribution is 2.07. The highest BCUT2D eigenvalue weighted by Gasteiger charge is 2.11. The fraction of sp³-hybridized carbons (Fsp3) is 0.333. The van der Waals surface area contributed by atoms with Crippen molar-refractivity contribution >= 4 is 5.97 Å². The summed E-state index contributed by atoms with van der Waals surface area (Å²) in [6.45, 7) is 2.58. The molecule has 5 heteroatoms. The molecule has 0 fully saturated rings. The highest BCUT2D eigenvalue weighted by atomic mass is 16.5. The third-order valence-electron chi connectivity index (χ3n) is 3.11. The van der Waals surface area contributed by atoms with E-state index in [0.29, 0.717) is 18.3 Å². The van der Waals surface area contributed by atoms with Gasteiger partial charge in [0.1, 0.15) is 0 Å². The molecule has 20 heavy (non-hydrogen) atoms. The summed E-state index contributed by atoms with van der Waals surface area (Å²) >= 11 is 0. The van der Waals surface area contributed by atoms with Crippen molar-refractivity contribution in [2.45, 2.75) is 32.4 Å². The molecule has 0 bridgehead atoms. The third kappa shape index (κ3) is 4.20. The van der Waals surface area contributed by atoms with Gasteiger partial charge in [-0.3, -0.25) is 0 Å². The van der Waals surface area contributed by atoms with Crippen molar-refractivity contribution in [1.29, 1.82) is 0 Å². The summed E-state index contributed by atoms with van der Waals surface area (Å²) in [4.78, 5) is 10.7. The number of carbonyl (C=O) groups is 1. The number of carboxylic acid groups (broad SMARTS) is 1. The number of benzene rings is 1. The fourth-order valence-corrected chi connectivity index (χ4v) is 1.90. The van der Waals surface area contributed by atoms with Gasteiger partial charge < -0.3 is 14.9 Å². The number of nitrogens with one attached hydrogen (secondary N) is 1. The largest absolute Gasteiger partial charge is 0.476 e. The van der Waals surface area contributed by atoms with Gasteiger partial charge in [0, 0.05) is 12.1 Å². The van der Waals surface area contributed by atoms with Crippen LogP contribution in [0.15, 0.2) is 40.9 Å². The van der Waals surface area contributed by atoms with Gasteiger partial charge in [-0.25, -0.2) is 4.79 Å². The molecule has 1 aromatic heterocycles. The molecule has 1 atom stereocenters. The topological polar surface area (TPSA) is 75.4 Å². The zero-order valence-electron chi connectivity index (χ0n) is 11.4. The molecule has 0 aliphatic heterocycles. The van der Waals surface area contributed by atoms with Gasteiger partial charge in [-0.05, 0) is 25.3 Å². The van der Waals surface area contributed by atoms with Crippen LogP contribution < -0.4 is 5.32 Å². The molecule has 2 N–H and O–H groups in total. The first kappa shape index (κ1) is 14.3. The Morgan fingerprint density at radius 3 is 2.80 bits per heavy atom. The normalized spacial score (nSPS) is 12.2. The Morgan fingerprint density at radius 2 is 2.15 bits per heavy atom. The fourth-order valence-electron chi connectivity index (χ4n) is 1.90. The van der Waals surface area contributed by atoms with Crippen LogP contribution >= 0.6 is 0 Å². The van der Waals surface area contributed by atoms with Gasteiger partial charge in [0.25, 0.3) is 0 Å². The van der Waals surface area contributed by atoms with Crippen LogP contribution in [0.2, 0.25) is 0 Å². The number of aromatic nitrogens is 1. The third-order valence-corrected chi connectivity index (χ3v) is 3.11. The average Bonchev–Trinajstić information content (AvgIpc) is 2.93. The standard InChI is InChI=1S/C15H18N2O3/c1-11(7-8-12-5-3-2-4-6-12)16-10-13-9-14(15(18)19)17-20-13/h2-6,9,11,16H,7-8,10H2,1H3,(H,18,19).